The minimum Gasteiger partial charge on any atom is -0.345 e. The Hall–Kier alpha value is -0.450. The van der Waals surface area contributed by atoms with Gasteiger partial charge >= 0.3 is 0 Å². The van der Waals surface area contributed by atoms with Crippen molar-refractivity contribution in [2.45, 2.75) is 26.6 Å². The van der Waals surface area contributed by atoms with E-state index in [0.29, 0.717) is 13.2 Å². The van der Waals surface area contributed by atoms with E-state index in [1.807, 2.05) is 26.2 Å². The molecule has 13 heavy (non-hydrogen) atoms. The Bertz CT molecular complexity index is 230. The van der Waals surface area contributed by atoms with E-state index in [0.717, 1.165) is 5.01 Å². The molecule has 0 unspecified atom stereocenters. The Morgan fingerprint density at radius 1 is 1.38 bits per heavy atom. The SMILES string of the molecule is CCOC(C)(OCC)c1nccs1. The third kappa shape index (κ3) is 2.49. The van der Waals surface area contributed by atoms with E-state index in [4.69, 9.17) is 9.47 Å². The molecule has 0 bridgehead atoms. The van der Waals surface area contributed by atoms with Gasteiger partial charge in [0.25, 0.3) is 0 Å². The van der Waals surface area contributed by atoms with Gasteiger partial charge in [-0.05, 0) is 20.8 Å². The second-order valence-corrected chi connectivity index (χ2v) is 3.54. The number of nitrogens with zero attached hydrogens (tertiary/aromatic N) is 1. The molecule has 4 heteroatoms. The zero-order valence-corrected chi connectivity index (χ0v) is 9.06. The molecule has 0 aliphatic carbocycles. The molecular weight excluding hydrogens is 186 g/mol. The van der Waals surface area contributed by atoms with Crippen molar-refractivity contribution in [1.29, 1.82) is 0 Å². The second kappa shape index (κ2) is 4.69. The Labute approximate surface area is 82.7 Å². The lowest BCUT2D eigenvalue weighted by atomic mass is 10.3. The molecule has 1 aromatic heterocycles. The normalized spacial score (nSPS) is 11.9. The van der Waals surface area contributed by atoms with E-state index in [9.17, 15) is 0 Å². The zero-order chi connectivity index (χ0) is 9.73. The highest BCUT2D eigenvalue weighted by Gasteiger charge is 2.30. The lowest BCUT2D eigenvalue weighted by molar-refractivity contribution is -0.229. The number of rotatable bonds is 5. The molecule has 0 aliphatic heterocycles. The van der Waals surface area contributed by atoms with Gasteiger partial charge in [-0.15, -0.1) is 11.3 Å². The van der Waals surface area contributed by atoms with Crippen LogP contribution in [-0.2, 0) is 15.3 Å². The van der Waals surface area contributed by atoms with Gasteiger partial charge in [0.1, 0.15) is 0 Å². The average molecular weight is 201 g/mol. The summed E-state index contributed by atoms with van der Waals surface area (Å²) >= 11 is 1.55. The highest BCUT2D eigenvalue weighted by molar-refractivity contribution is 7.09. The molecule has 0 N–H and O–H groups in total. The van der Waals surface area contributed by atoms with Crippen LogP contribution >= 0.6 is 11.3 Å². The van der Waals surface area contributed by atoms with Crippen molar-refractivity contribution >= 4 is 11.3 Å². The van der Waals surface area contributed by atoms with Crippen LogP contribution in [0.2, 0.25) is 0 Å². The van der Waals surface area contributed by atoms with Gasteiger partial charge in [-0.1, -0.05) is 0 Å². The van der Waals surface area contributed by atoms with E-state index < -0.39 is 5.79 Å². The van der Waals surface area contributed by atoms with Crippen LogP contribution in [-0.4, -0.2) is 18.2 Å². The molecule has 0 fully saturated rings. The maximum absolute atomic E-state index is 5.54. The minimum atomic E-state index is -0.669. The van der Waals surface area contributed by atoms with Gasteiger partial charge in [0.2, 0.25) is 5.79 Å². The van der Waals surface area contributed by atoms with Gasteiger partial charge in [-0.3, -0.25) is 0 Å². The van der Waals surface area contributed by atoms with Gasteiger partial charge in [-0.25, -0.2) is 4.98 Å². The van der Waals surface area contributed by atoms with Crippen LogP contribution in [0.4, 0.5) is 0 Å². The van der Waals surface area contributed by atoms with Crippen molar-refractivity contribution in [2.75, 3.05) is 13.2 Å². The average Bonchev–Trinajstić information content (AvgIpc) is 2.57. The van der Waals surface area contributed by atoms with Gasteiger partial charge in [0, 0.05) is 24.8 Å². The van der Waals surface area contributed by atoms with Crippen LogP contribution in [0.3, 0.4) is 0 Å². The predicted molar refractivity (Wildman–Crippen MR) is 52.7 cm³/mol. The largest absolute Gasteiger partial charge is 0.345 e. The summed E-state index contributed by atoms with van der Waals surface area (Å²) in [6.07, 6.45) is 1.76. The third-order valence-electron chi connectivity index (χ3n) is 1.66. The van der Waals surface area contributed by atoms with Gasteiger partial charge in [0.05, 0.1) is 0 Å². The first-order valence-corrected chi connectivity index (χ1v) is 5.28. The Morgan fingerprint density at radius 3 is 2.38 bits per heavy atom. The first-order valence-electron chi connectivity index (χ1n) is 4.40. The molecule has 74 valence electrons. The highest BCUT2D eigenvalue weighted by atomic mass is 32.1. The summed E-state index contributed by atoms with van der Waals surface area (Å²) < 4.78 is 11.1. The smallest absolute Gasteiger partial charge is 0.219 e. The maximum Gasteiger partial charge on any atom is 0.219 e. The van der Waals surface area contributed by atoms with Crippen molar-refractivity contribution in [2.24, 2.45) is 0 Å². The predicted octanol–water partition coefficient (Wildman–Crippen LogP) is 2.39. The summed E-state index contributed by atoms with van der Waals surface area (Å²) in [6, 6.07) is 0. The van der Waals surface area contributed by atoms with Crippen LogP contribution in [0.25, 0.3) is 0 Å². The Morgan fingerprint density at radius 2 is 2.00 bits per heavy atom. The van der Waals surface area contributed by atoms with Gasteiger partial charge in [0.15, 0.2) is 5.01 Å². The molecule has 0 saturated heterocycles. The lowest BCUT2D eigenvalue weighted by Crippen LogP contribution is -2.29. The molecule has 0 aromatic carbocycles. The molecule has 1 heterocycles. The second-order valence-electron chi connectivity index (χ2n) is 2.65. The lowest BCUT2D eigenvalue weighted by Gasteiger charge is -2.26. The molecular formula is C9H15NO2S. The summed E-state index contributed by atoms with van der Waals surface area (Å²) in [4.78, 5) is 4.19. The molecule has 0 spiro atoms. The van der Waals surface area contributed by atoms with Crippen LogP contribution in [0, 0.1) is 0 Å². The summed E-state index contributed by atoms with van der Waals surface area (Å²) in [5.41, 5.74) is 0. The molecule has 0 amide bonds. The molecule has 0 radical (unpaired) electrons. The number of ether oxygens (including phenoxy) is 2. The molecule has 3 nitrogen and oxygen atoms in total. The van der Waals surface area contributed by atoms with Crippen molar-refractivity contribution < 1.29 is 9.47 Å². The molecule has 0 saturated carbocycles. The fourth-order valence-corrected chi connectivity index (χ4v) is 1.87. The molecule has 1 rings (SSSR count). The third-order valence-corrected chi connectivity index (χ3v) is 2.62. The quantitative estimate of drug-likeness (QED) is 0.685. The maximum atomic E-state index is 5.54. The highest BCUT2D eigenvalue weighted by Crippen LogP contribution is 2.28. The molecule has 0 aliphatic rings. The zero-order valence-electron chi connectivity index (χ0n) is 8.24. The summed E-state index contributed by atoms with van der Waals surface area (Å²) in [6.45, 7) is 7.04. The number of hydrogen-bond acceptors (Lipinski definition) is 4. The molecule has 1 aromatic rings. The minimum absolute atomic E-state index is 0.621. The van der Waals surface area contributed by atoms with Crippen molar-refractivity contribution in [1.82, 2.24) is 4.98 Å². The van der Waals surface area contributed by atoms with Gasteiger partial charge < -0.3 is 9.47 Å². The Balaban J connectivity index is 2.78. The fraction of sp³-hybridized carbons (Fsp3) is 0.667. The van der Waals surface area contributed by atoms with E-state index in [-0.39, 0.29) is 0 Å². The van der Waals surface area contributed by atoms with Crippen molar-refractivity contribution in [3.63, 3.8) is 0 Å². The standard InChI is InChI=1S/C9H15NO2S/c1-4-11-9(3,12-5-2)8-10-6-7-13-8/h6-7H,4-5H2,1-3H3. The number of thiazole rings is 1. The number of hydrogen-bond donors (Lipinski definition) is 0. The van der Waals surface area contributed by atoms with E-state index >= 15 is 0 Å². The fourth-order valence-electron chi connectivity index (χ4n) is 1.16. The monoisotopic (exact) mass is 201 g/mol. The first-order chi connectivity index (χ1) is 6.23. The van der Waals surface area contributed by atoms with Crippen LogP contribution in [0.5, 0.6) is 0 Å². The van der Waals surface area contributed by atoms with Gasteiger partial charge in [-0.2, -0.15) is 0 Å². The summed E-state index contributed by atoms with van der Waals surface area (Å²) in [5.74, 6) is -0.669. The van der Waals surface area contributed by atoms with Crippen LogP contribution in [0.15, 0.2) is 11.6 Å². The van der Waals surface area contributed by atoms with Crippen molar-refractivity contribution in [3.05, 3.63) is 16.6 Å². The number of aromatic nitrogens is 1. The summed E-state index contributed by atoms with van der Waals surface area (Å²) in [5, 5.41) is 2.79. The first kappa shape index (κ1) is 10.6. The Kier molecular flexibility index (Phi) is 3.84. The van der Waals surface area contributed by atoms with Crippen molar-refractivity contribution in [3.8, 4) is 0 Å². The molecule has 0 atom stereocenters. The van der Waals surface area contributed by atoms with E-state index in [2.05, 4.69) is 4.98 Å². The van der Waals surface area contributed by atoms with E-state index in [1.165, 1.54) is 0 Å². The summed E-state index contributed by atoms with van der Waals surface area (Å²) in [7, 11) is 0. The van der Waals surface area contributed by atoms with Crippen LogP contribution < -0.4 is 0 Å². The van der Waals surface area contributed by atoms with E-state index in [1.54, 1.807) is 17.5 Å². The van der Waals surface area contributed by atoms with Crippen LogP contribution in [0.1, 0.15) is 25.8 Å². The topological polar surface area (TPSA) is 31.4 Å².